The molecule has 3 unspecified atom stereocenters. The van der Waals surface area contributed by atoms with Gasteiger partial charge in [-0.1, -0.05) is 6.92 Å². The van der Waals surface area contributed by atoms with Gasteiger partial charge in [0.15, 0.2) is 0 Å². The number of nitrogens with one attached hydrogen (secondary N) is 1. The molecule has 0 spiro atoms. The number of rotatable bonds is 7. The summed E-state index contributed by atoms with van der Waals surface area (Å²) in [5, 5.41) is 3.40. The molecular weight excluding hydrogens is 210 g/mol. The second-order valence-electron chi connectivity index (χ2n) is 4.16. The SMILES string of the molecule is CCS(=O)CCNC(C)CC1CCCO1. The minimum absolute atomic E-state index is 0.448. The van der Waals surface area contributed by atoms with E-state index < -0.39 is 10.8 Å². The zero-order chi connectivity index (χ0) is 11.1. The van der Waals surface area contributed by atoms with Crippen LogP contribution in [0.3, 0.4) is 0 Å². The summed E-state index contributed by atoms with van der Waals surface area (Å²) >= 11 is 0. The highest BCUT2D eigenvalue weighted by Crippen LogP contribution is 2.16. The summed E-state index contributed by atoms with van der Waals surface area (Å²) < 4.78 is 16.8. The fraction of sp³-hybridized carbons (Fsp3) is 1.00. The van der Waals surface area contributed by atoms with Gasteiger partial charge < -0.3 is 10.1 Å². The van der Waals surface area contributed by atoms with Gasteiger partial charge in [-0.05, 0) is 26.2 Å². The lowest BCUT2D eigenvalue weighted by Gasteiger charge is -2.17. The van der Waals surface area contributed by atoms with Crippen LogP contribution in [0, 0.1) is 0 Å². The maximum Gasteiger partial charge on any atom is 0.0590 e. The first-order valence-corrected chi connectivity index (χ1v) is 7.41. The molecule has 0 aromatic rings. The van der Waals surface area contributed by atoms with Crippen molar-refractivity contribution in [2.75, 3.05) is 24.7 Å². The van der Waals surface area contributed by atoms with Gasteiger partial charge in [-0.2, -0.15) is 0 Å². The van der Waals surface area contributed by atoms with E-state index >= 15 is 0 Å². The molecule has 0 amide bonds. The van der Waals surface area contributed by atoms with E-state index in [-0.39, 0.29) is 0 Å². The maximum absolute atomic E-state index is 11.2. The second-order valence-corrected chi connectivity index (χ2v) is 6.02. The molecule has 0 aliphatic carbocycles. The average Bonchev–Trinajstić information content (AvgIpc) is 2.70. The maximum atomic E-state index is 11.2. The van der Waals surface area contributed by atoms with Gasteiger partial charge >= 0.3 is 0 Å². The number of hydrogen-bond acceptors (Lipinski definition) is 3. The topological polar surface area (TPSA) is 38.3 Å². The van der Waals surface area contributed by atoms with Crippen LogP contribution in [0.2, 0.25) is 0 Å². The van der Waals surface area contributed by atoms with Crippen LogP contribution in [0.15, 0.2) is 0 Å². The molecule has 1 aliphatic heterocycles. The average molecular weight is 233 g/mol. The molecule has 15 heavy (non-hydrogen) atoms. The molecule has 3 atom stereocenters. The molecular formula is C11H23NO2S. The second kappa shape index (κ2) is 7.36. The molecule has 90 valence electrons. The van der Waals surface area contributed by atoms with Crippen molar-refractivity contribution in [2.24, 2.45) is 0 Å². The minimum atomic E-state index is -0.641. The van der Waals surface area contributed by atoms with Crippen LogP contribution >= 0.6 is 0 Å². The van der Waals surface area contributed by atoms with Crippen LogP contribution in [0.1, 0.15) is 33.1 Å². The fourth-order valence-electron chi connectivity index (χ4n) is 1.87. The Labute approximate surface area is 95.4 Å². The Morgan fingerprint density at radius 2 is 2.40 bits per heavy atom. The summed E-state index contributed by atoms with van der Waals surface area (Å²) in [6.45, 7) is 5.92. The van der Waals surface area contributed by atoms with Crippen molar-refractivity contribution in [3.63, 3.8) is 0 Å². The van der Waals surface area contributed by atoms with Crippen LogP contribution < -0.4 is 5.32 Å². The lowest BCUT2D eigenvalue weighted by Crippen LogP contribution is -2.32. The normalized spacial score (nSPS) is 25.3. The van der Waals surface area contributed by atoms with Crippen LogP contribution in [-0.4, -0.2) is 41.0 Å². The first kappa shape index (κ1) is 13.1. The summed E-state index contributed by atoms with van der Waals surface area (Å²) in [5.41, 5.74) is 0. The van der Waals surface area contributed by atoms with E-state index in [1.165, 1.54) is 12.8 Å². The third-order valence-electron chi connectivity index (χ3n) is 2.78. The number of hydrogen-bond donors (Lipinski definition) is 1. The summed E-state index contributed by atoms with van der Waals surface area (Å²) in [4.78, 5) is 0. The van der Waals surface area contributed by atoms with Crippen molar-refractivity contribution < 1.29 is 8.95 Å². The minimum Gasteiger partial charge on any atom is -0.378 e. The quantitative estimate of drug-likeness (QED) is 0.720. The Bertz CT molecular complexity index is 193. The molecule has 4 heteroatoms. The van der Waals surface area contributed by atoms with E-state index in [9.17, 15) is 4.21 Å². The smallest absolute Gasteiger partial charge is 0.0590 e. The Balaban J connectivity index is 2.02. The lowest BCUT2D eigenvalue weighted by atomic mass is 10.1. The van der Waals surface area contributed by atoms with Crippen LogP contribution in [0.25, 0.3) is 0 Å². The van der Waals surface area contributed by atoms with Crippen molar-refractivity contribution >= 4 is 10.8 Å². The molecule has 1 N–H and O–H groups in total. The largest absolute Gasteiger partial charge is 0.378 e. The molecule has 1 rings (SSSR count). The van der Waals surface area contributed by atoms with Crippen molar-refractivity contribution in [1.29, 1.82) is 0 Å². The van der Waals surface area contributed by atoms with E-state index in [4.69, 9.17) is 4.74 Å². The van der Waals surface area contributed by atoms with Gasteiger partial charge in [-0.15, -0.1) is 0 Å². The van der Waals surface area contributed by atoms with Gasteiger partial charge in [0.25, 0.3) is 0 Å². The highest BCUT2D eigenvalue weighted by molar-refractivity contribution is 7.84. The Morgan fingerprint density at radius 3 is 3.00 bits per heavy atom. The van der Waals surface area contributed by atoms with Crippen LogP contribution in [-0.2, 0) is 15.5 Å². The van der Waals surface area contributed by atoms with Gasteiger partial charge in [-0.25, -0.2) is 0 Å². The number of ether oxygens (including phenoxy) is 1. The third-order valence-corrected chi connectivity index (χ3v) is 4.09. The van der Waals surface area contributed by atoms with Crippen molar-refractivity contribution in [3.8, 4) is 0 Å². The Morgan fingerprint density at radius 1 is 1.60 bits per heavy atom. The van der Waals surface area contributed by atoms with Gasteiger partial charge in [0, 0.05) is 41.5 Å². The molecule has 1 fully saturated rings. The zero-order valence-electron chi connectivity index (χ0n) is 9.83. The van der Waals surface area contributed by atoms with E-state index in [0.717, 1.165) is 31.1 Å². The molecule has 3 nitrogen and oxygen atoms in total. The molecule has 0 bridgehead atoms. The van der Waals surface area contributed by atoms with Crippen LogP contribution in [0.5, 0.6) is 0 Å². The standard InChI is InChI=1S/C11H23NO2S/c1-3-15(13)8-6-12-10(2)9-11-5-4-7-14-11/h10-12H,3-9H2,1-2H3. The molecule has 1 aliphatic rings. The summed E-state index contributed by atoms with van der Waals surface area (Å²) in [7, 11) is -0.641. The summed E-state index contributed by atoms with van der Waals surface area (Å²) in [5.74, 6) is 1.54. The van der Waals surface area contributed by atoms with Gasteiger partial charge in [-0.3, -0.25) is 4.21 Å². The van der Waals surface area contributed by atoms with Crippen molar-refractivity contribution in [3.05, 3.63) is 0 Å². The fourth-order valence-corrected chi connectivity index (χ4v) is 2.51. The molecule has 0 saturated carbocycles. The van der Waals surface area contributed by atoms with Gasteiger partial charge in [0.05, 0.1) is 6.10 Å². The van der Waals surface area contributed by atoms with Crippen molar-refractivity contribution in [1.82, 2.24) is 5.32 Å². The monoisotopic (exact) mass is 233 g/mol. The van der Waals surface area contributed by atoms with E-state index in [1.54, 1.807) is 0 Å². The highest BCUT2D eigenvalue weighted by atomic mass is 32.2. The van der Waals surface area contributed by atoms with E-state index in [0.29, 0.717) is 12.1 Å². The first-order valence-electron chi connectivity index (χ1n) is 5.92. The Hall–Kier alpha value is 0.0700. The molecule has 0 aromatic carbocycles. The van der Waals surface area contributed by atoms with Crippen molar-refractivity contribution in [2.45, 2.75) is 45.3 Å². The van der Waals surface area contributed by atoms with Crippen LogP contribution in [0.4, 0.5) is 0 Å². The van der Waals surface area contributed by atoms with E-state index in [2.05, 4.69) is 12.2 Å². The Kier molecular flexibility index (Phi) is 6.45. The molecule has 1 saturated heterocycles. The molecule has 0 radical (unpaired) electrons. The zero-order valence-corrected chi connectivity index (χ0v) is 10.6. The lowest BCUT2D eigenvalue weighted by molar-refractivity contribution is 0.0966. The third kappa shape index (κ3) is 5.64. The summed E-state index contributed by atoms with van der Waals surface area (Å²) in [6.07, 6.45) is 3.94. The van der Waals surface area contributed by atoms with E-state index in [1.807, 2.05) is 6.92 Å². The predicted molar refractivity (Wildman–Crippen MR) is 64.6 cm³/mol. The molecule has 1 heterocycles. The van der Waals surface area contributed by atoms with Gasteiger partial charge in [0.1, 0.15) is 0 Å². The first-order chi connectivity index (χ1) is 7.22. The van der Waals surface area contributed by atoms with Gasteiger partial charge in [0.2, 0.25) is 0 Å². The predicted octanol–water partition coefficient (Wildman–Crippen LogP) is 1.30. The summed E-state index contributed by atoms with van der Waals surface area (Å²) in [6, 6.07) is 0.474. The molecule has 0 aromatic heterocycles. The highest BCUT2D eigenvalue weighted by Gasteiger charge is 2.17.